The fourth-order valence-electron chi connectivity index (χ4n) is 4.04. The monoisotopic (exact) mass is 415 g/mol. The van der Waals surface area contributed by atoms with Crippen molar-refractivity contribution in [3.63, 3.8) is 0 Å². The Bertz CT molecular complexity index is 682. The van der Waals surface area contributed by atoms with E-state index >= 15 is 0 Å². The van der Waals surface area contributed by atoms with Crippen LogP contribution in [0.25, 0.3) is 0 Å². The molecule has 3 N–H and O–H groups in total. The van der Waals surface area contributed by atoms with Gasteiger partial charge in [-0.05, 0) is 30.9 Å². The van der Waals surface area contributed by atoms with Crippen molar-refractivity contribution in [1.82, 2.24) is 20.9 Å². The number of aliphatic imine (C=N–C) groups is 1. The predicted octanol–water partition coefficient (Wildman–Crippen LogP) is 2.02. The summed E-state index contributed by atoms with van der Waals surface area (Å²) >= 11 is 0. The molecule has 1 aromatic rings. The van der Waals surface area contributed by atoms with Crippen LogP contribution in [0.15, 0.2) is 29.3 Å². The van der Waals surface area contributed by atoms with Gasteiger partial charge in [-0.15, -0.1) is 0 Å². The van der Waals surface area contributed by atoms with Gasteiger partial charge in [0.2, 0.25) is 5.91 Å². The van der Waals surface area contributed by atoms with Crippen LogP contribution < -0.4 is 16.0 Å². The van der Waals surface area contributed by atoms with E-state index in [2.05, 4.69) is 52.0 Å². The van der Waals surface area contributed by atoms with E-state index in [0.717, 1.165) is 58.2 Å². The fourth-order valence-corrected chi connectivity index (χ4v) is 4.04. The van der Waals surface area contributed by atoms with Gasteiger partial charge in [0.1, 0.15) is 0 Å². The highest BCUT2D eigenvalue weighted by molar-refractivity contribution is 5.81. The molecule has 0 radical (unpaired) electrons. The molecular weight excluding hydrogens is 378 g/mol. The maximum atomic E-state index is 12.1. The molecule has 0 spiro atoms. The number of morpholine rings is 1. The summed E-state index contributed by atoms with van der Waals surface area (Å²) in [5.41, 5.74) is 2.55. The van der Waals surface area contributed by atoms with Crippen molar-refractivity contribution in [2.45, 2.75) is 58.2 Å². The van der Waals surface area contributed by atoms with Crippen molar-refractivity contribution in [1.29, 1.82) is 0 Å². The molecular formula is C23H37N5O2. The van der Waals surface area contributed by atoms with Crippen molar-refractivity contribution in [2.75, 3.05) is 39.4 Å². The zero-order valence-corrected chi connectivity index (χ0v) is 18.3. The number of guanidine groups is 1. The molecule has 1 aromatic carbocycles. The van der Waals surface area contributed by atoms with E-state index in [1.165, 1.54) is 24.0 Å². The minimum Gasteiger partial charge on any atom is -0.379 e. The maximum Gasteiger partial charge on any atom is 0.221 e. The van der Waals surface area contributed by atoms with Crippen molar-refractivity contribution < 1.29 is 9.53 Å². The highest BCUT2D eigenvalue weighted by Crippen LogP contribution is 2.17. The third-order valence-corrected chi connectivity index (χ3v) is 5.73. The van der Waals surface area contributed by atoms with Crippen molar-refractivity contribution in [2.24, 2.45) is 4.99 Å². The first-order valence-corrected chi connectivity index (χ1v) is 11.4. The molecule has 0 aromatic heterocycles. The number of rotatable bonds is 9. The van der Waals surface area contributed by atoms with Gasteiger partial charge in [0.15, 0.2) is 5.96 Å². The van der Waals surface area contributed by atoms with E-state index < -0.39 is 0 Å². The fraction of sp³-hybridized carbons (Fsp3) is 0.652. The van der Waals surface area contributed by atoms with Gasteiger partial charge in [-0.25, -0.2) is 4.99 Å². The molecule has 7 heteroatoms. The van der Waals surface area contributed by atoms with Crippen LogP contribution in [-0.4, -0.2) is 62.2 Å². The van der Waals surface area contributed by atoms with E-state index in [1.54, 1.807) is 0 Å². The summed E-state index contributed by atoms with van der Waals surface area (Å²) in [5, 5.41) is 9.72. The van der Waals surface area contributed by atoms with Crippen molar-refractivity contribution >= 4 is 11.9 Å². The summed E-state index contributed by atoms with van der Waals surface area (Å²) in [7, 11) is 0. The zero-order chi connectivity index (χ0) is 21.0. The molecule has 7 nitrogen and oxygen atoms in total. The maximum absolute atomic E-state index is 12.1. The van der Waals surface area contributed by atoms with E-state index in [0.29, 0.717) is 25.6 Å². The smallest absolute Gasteiger partial charge is 0.221 e. The lowest BCUT2D eigenvalue weighted by Crippen LogP contribution is -2.40. The van der Waals surface area contributed by atoms with Gasteiger partial charge in [-0.1, -0.05) is 37.1 Å². The van der Waals surface area contributed by atoms with Gasteiger partial charge in [0, 0.05) is 45.2 Å². The van der Waals surface area contributed by atoms with Gasteiger partial charge in [0.05, 0.1) is 19.8 Å². The molecule has 2 fully saturated rings. The van der Waals surface area contributed by atoms with Crippen LogP contribution in [0, 0.1) is 0 Å². The topological polar surface area (TPSA) is 78.0 Å². The third-order valence-electron chi connectivity index (χ3n) is 5.73. The standard InChI is InChI=1S/C23H37N5O2/c1-2-24-23(25-12-11-22(29)27-21-9-5-6-10-21)26-17-19-7-3-4-8-20(19)18-28-13-15-30-16-14-28/h3-4,7-8,21H,2,5-6,9-18H2,1H3,(H,27,29)(H2,24,25,26). The van der Waals surface area contributed by atoms with Crippen LogP contribution in [0.2, 0.25) is 0 Å². The number of ether oxygens (including phenoxy) is 1. The van der Waals surface area contributed by atoms with Gasteiger partial charge >= 0.3 is 0 Å². The third kappa shape index (κ3) is 7.61. The lowest BCUT2D eigenvalue weighted by molar-refractivity contribution is -0.121. The first-order valence-electron chi connectivity index (χ1n) is 11.4. The van der Waals surface area contributed by atoms with Crippen molar-refractivity contribution in [3.8, 4) is 0 Å². The normalized spacial score (nSPS) is 18.4. The molecule has 1 amide bonds. The van der Waals surface area contributed by atoms with E-state index in [-0.39, 0.29) is 5.91 Å². The second kappa shape index (κ2) is 12.5. The first kappa shape index (κ1) is 22.6. The molecule has 1 saturated heterocycles. The number of hydrogen-bond donors (Lipinski definition) is 3. The second-order valence-corrected chi connectivity index (χ2v) is 8.08. The summed E-state index contributed by atoms with van der Waals surface area (Å²) in [6.45, 7) is 8.54. The predicted molar refractivity (Wildman–Crippen MR) is 120 cm³/mol. The molecule has 1 aliphatic carbocycles. The Morgan fingerprint density at radius 2 is 1.87 bits per heavy atom. The zero-order valence-electron chi connectivity index (χ0n) is 18.3. The molecule has 1 heterocycles. The van der Waals surface area contributed by atoms with E-state index in [1.807, 2.05) is 0 Å². The quantitative estimate of drug-likeness (QED) is 0.425. The van der Waals surface area contributed by atoms with Crippen LogP contribution in [0.4, 0.5) is 0 Å². The Morgan fingerprint density at radius 3 is 2.60 bits per heavy atom. The Balaban J connectivity index is 1.49. The van der Waals surface area contributed by atoms with Crippen molar-refractivity contribution in [3.05, 3.63) is 35.4 Å². The number of nitrogens with zero attached hydrogens (tertiary/aromatic N) is 2. The van der Waals surface area contributed by atoms with Gasteiger partial charge in [0.25, 0.3) is 0 Å². The number of amides is 1. The largest absolute Gasteiger partial charge is 0.379 e. The minimum atomic E-state index is 0.126. The molecule has 1 saturated carbocycles. The number of carbonyl (C=O) groups is 1. The number of benzene rings is 1. The van der Waals surface area contributed by atoms with Gasteiger partial charge < -0.3 is 20.7 Å². The van der Waals surface area contributed by atoms with Gasteiger partial charge in [-0.3, -0.25) is 9.69 Å². The Labute approximate surface area is 180 Å². The van der Waals surface area contributed by atoms with E-state index in [9.17, 15) is 4.79 Å². The molecule has 1 aliphatic heterocycles. The number of nitrogens with one attached hydrogen (secondary N) is 3. The van der Waals surface area contributed by atoms with Crippen LogP contribution >= 0.6 is 0 Å². The summed E-state index contributed by atoms with van der Waals surface area (Å²) in [6.07, 6.45) is 5.16. The van der Waals surface area contributed by atoms with Crippen LogP contribution in [0.5, 0.6) is 0 Å². The highest BCUT2D eigenvalue weighted by atomic mass is 16.5. The summed E-state index contributed by atoms with van der Waals surface area (Å²) < 4.78 is 5.46. The first-order chi connectivity index (χ1) is 14.7. The Kier molecular flexibility index (Phi) is 9.44. The van der Waals surface area contributed by atoms with Crippen LogP contribution in [0.3, 0.4) is 0 Å². The van der Waals surface area contributed by atoms with E-state index in [4.69, 9.17) is 9.73 Å². The molecule has 0 atom stereocenters. The summed E-state index contributed by atoms with van der Waals surface area (Å²) in [6, 6.07) is 8.88. The summed E-state index contributed by atoms with van der Waals surface area (Å²) in [5.74, 6) is 0.883. The molecule has 2 aliphatic rings. The Morgan fingerprint density at radius 1 is 1.13 bits per heavy atom. The lowest BCUT2D eigenvalue weighted by Gasteiger charge is -2.27. The second-order valence-electron chi connectivity index (χ2n) is 8.08. The average Bonchev–Trinajstić information content (AvgIpc) is 3.26. The van der Waals surface area contributed by atoms with Crippen LogP contribution in [-0.2, 0) is 22.6 Å². The lowest BCUT2D eigenvalue weighted by atomic mass is 10.1. The average molecular weight is 416 g/mol. The molecule has 0 bridgehead atoms. The number of hydrogen-bond acceptors (Lipinski definition) is 4. The highest BCUT2D eigenvalue weighted by Gasteiger charge is 2.17. The summed E-state index contributed by atoms with van der Waals surface area (Å²) in [4.78, 5) is 19.3. The minimum absolute atomic E-state index is 0.126. The molecule has 30 heavy (non-hydrogen) atoms. The molecule has 0 unspecified atom stereocenters. The Hall–Kier alpha value is -2.12. The molecule has 3 rings (SSSR count). The SMILES string of the molecule is CCNC(=NCc1ccccc1CN1CCOCC1)NCCC(=O)NC1CCCC1. The number of carbonyl (C=O) groups excluding carboxylic acids is 1. The van der Waals surface area contributed by atoms with Crippen LogP contribution in [0.1, 0.15) is 50.2 Å². The molecule has 166 valence electrons. The van der Waals surface area contributed by atoms with Gasteiger partial charge in [-0.2, -0.15) is 0 Å².